The Labute approximate surface area is 186 Å². The number of benzene rings is 6. The molecule has 32 heavy (non-hydrogen) atoms. The second-order valence-electron chi connectivity index (χ2n) is 8.83. The molecule has 0 saturated heterocycles. The summed E-state index contributed by atoms with van der Waals surface area (Å²) in [6, 6.07) is 35.4. The Morgan fingerprint density at radius 2 is 1.22 bits per heavy atom. The van der Waals surface area contributed by atoms with Crippen molar-refractivity contribution in [2.75, 3.05) is 10.6 Å². The number of hydrogen-bond acceptors (Lipinski definition) is 2. The molecule has 2 nitrogen and oxygen atoms in total. The summed E-state index contributed by atoms with van der Waals surface area (Å²) in [5.74, 6) is 0. The number of para-hydroxylation sites is 2. The van der Waals surface area contributed by atoms with Crippen molar-refractivity contribution >= 4 is 43.7 Å². The van der Waals surface area contributed by atoms with Gasteiger partial charge in [-0.3, -0.25) is 0 Å². The van der Waals surface area contributed by atoms with E-state index in [1.165, 1.54) is 54.6 Å². The molecule has 0 spiro atoms. The van der Waals surface area contributed by atoms with Crippen LogP contribution in [0.5, 0.6) is 0 Å². The van der Waals surface area contributed by atoms with E-state index in [0.29, 0.717) is 0 Å². The van der Waals surface area contributed by atoms with E-state index < -0.39 is 0 Å². The van der Waals surface area contributed by atoms with Crippen molar-refractivity contribution in [1.82, 2.24) is 0 Å². The fourth-order valence-electron chi connectivity index (χ4n) is 5.43. The average molecular weight is 411 g/mol. The van der Waals surface area contributed by atoms with Gasteiger partial charge in [-0.05, 0) is 74.1 Å². The first kappa shape index (κ1) is 17.6. The van der Waals surface area contributed by atoms with Crippen LogP contribution in [0.15, 0.2) is 97.1 Å². The minimum absolute atomic E-state index is 0.0289. The number of hydrogen-bond donors (Lipinski definition) is 2. The molecule has 1 heterocycles. The van der Waals surface area contributed by atoms with Gasteiger partial charge in [-0.15, -0.1) is 0 Å². The van der Waals surface area contributed by atoms with Gasteiger partial charge in [-0.25, -0.2) is 0 Å². The molecule has 0 aliphatic carbocycles. The molecule has 152 valence electrons. The first-order valence-corrected chi connectivity index (χ1v) is 11.2. The molecule has 0 atom stereocenters. The van der Waals surface area contributed by atoms with E-state index in [9.17, 15) is 0 Å². The molecule has 0 fully saturated rings. The van der Waals surface area contributed by atoms with Gasteiger partial charge in [0.1, 0.15) is 6.17 Å². The van der Waals surface area contributed by atoms with Gasteiger partial charge in [0.2, 0.25) is 0 Å². The Hall–Kier alpha value is -4.04. The third-order valence-electron chi connectivity index (χ3n) is 6.82. The molecule has 6 aromatic rings. The molecular formula is C30H22N2. The third-order valence-corrected chi connectivity index (χ3v) is 6.82. The molecule has 7 rings (SSSR count). The lowest BCUT2D eigenvalue weighted by molar-refractivity contribution is 0.954. The zero-order chi connectivity index (χ0) is 21.2. The van der Waals surface area contributed by atoms with Crippen molar-refractivity contribution in [3.05, 3.63) is 108 Å². The highest BCUT2D eigenvalue weighted by molar-refractivity contribution is 6.26. The summed E-state index contributed by atoms with van der Waals surface area (Å²) in [6.45, 7) is 2.18. The summed E-state index contributed by atoms with van der Waals surface area (Å²) in [6.07, 6.45) is 0.0289. The van der Waals surface area contributed by atoms with Gasteiger partial charge in [0.15, 0.2) is 0 Å². The summed E-state index contributed by atoms with van der Waals surface area (Å²) in [4.78, 5) is 0. The van der Waals surface area contributed by atoms with Crippen LogP contribution >= 0.6 is 0 Å². The zero-order valence-electron chi connectivity index (χ0n) is 17.8. The predicted octanol–water partition coefficient (Wildman–Crippen LogP) is 8.10. The Bertz CT molecular complexity index is 1590. The molecule has 2 N–H and O–H groups in total. The number of fused-ring (bicyclic) bond motifs is 1. The summed E-state index contributed by atoms with van der Waals surface area (Å²) >= 11 is 0. The van der Waals surface area contributed by atoms with Crippen LogP contribution in [0.3, 0.4) is 0 Å². The minimum Gasteiger partial charge on any atom is -0.360 e. The number of anilines is 2. The lowest BCUT2D eigenvalue weighted by Crippen LogP contribution is -2.13. The van der Waals surface area contributed by atoms with Crippen LogP contribution in [-0.4, -0.2) is 0 Å². The number of nitrogens with one attached hydrogen (secondary N) is 2. The van der Waals surface area contributed by atoms with E-state index >= 15 is 0 Å². The monoisotopic (exact) mass is 410 g/mol. The maximum absolute atomic E-state index is 3.70. The highest BCUT2D eigenvalue weighted by Gasteiger charge is 2.25. The molecule has 1 aliphatic heterocycles. The summed E-state index contributed by atoms with van der Waals surface area (Å²) < 4.78 is 0. The van der Waals surface area contributed by atoms with Gasteiger partial charge in [0.25, 0.3) is 0 Å². The second-order valence-corrected chi connectivity index (χ2v) is 8.83. The Morgan fingerprint density at radius 3 is 1.91 bits per heavy atom. The highest BCUT2D eigenvalue weighted by atomic mass is 15.2. The molecule has 0 saturated carbocycles. The first-order valence-electron chi connectivity index (χ1n) is 11.2. The van der Waals surface area contributed by atoms with E-state index in [1.807, 2.05) is 0 Å². The summed E-state index contributed by atoms with van der Waals surface area (Å²) in [5.41, 5.74) is 7.41. The van der Waals surface area contributed by atoms with Crippen molar-refractivity contribution < 1.29 is 0 Å². The van der Waals surface area contributed by atoms with Crippen molar-refractivity contribution in [2.45, 2.75) is 13.1 Å². The van der Waals surface area contributed by atoms with Gasteiger partial charge in [-0.1, -0.05) is 78.9 Å². The molecule has 0 aromatic heterocycles. The fraction of sp³-hybridized carbons (Fsp3) is 0.0667. The minimum atomic E-state index is 0.0289. The topological polar surface area (TPSA) is 24.1 Å². The molecule has 0 amide bonds. The van der Waals surface area contributed by atoms with Crippen molar-refractivity contribution in [3.63, 3.8) is 0 Å². The Morgan fingerprint density at radius 1 is 0.594 bits per heavy atom. The van der Waals surface area contributed by atoms with Crippen LogP contribution in [0.25, 0.3) is 43.4 Å². The molecule has 0 unspecified atom stereocenters. The fourth-order valence-corrected chi connectivity index (χ4v) is 5.43. The van der Waals surface area contributed by atoms with Gasteiger partial charge < -0.3 is 10.6 Å². The highest BCUT2D eigenvalue weighted by Crippen LogP contribution is 2.45. The standard InChI is InChI=1S/C30H22N2/c1-18-15-20-11-13-22-24(19-7-3-2-4-8-19)17-25(23-14-12-21(16-18)28(20)29(22)23)30-31-26-9-5-6-10-27(26)32-30/h2-17,30-32H,1H3. The van der Waals surface area contributed by atoms with Gasteiger partial charge in [0.05, 0.1) is 11.4 Å². The van der Waals surface area contributed by atoms with Gasteiger partial charge in [-0.2, -0.15) is 0 Å². The number of rotatable bonds is 2. The lowest BCUT2D eigenvalue weighted by Gasteiger charge is -2.21. The molecule has 0 radical (unpaired) electrons. The maximum atomic E-state index is 3.70. The molecule has 1 aliphatic rings. The van der Waals surface area contributed by atoms with E-state index in [1.54, 1.807) is 0 Å². The SMILES string of the molecule is Cc1cc2ccc3c(-c4ccccc4)cc(C4Nc5ccccc5N4)c4ccc(c1)c2c34. The lowest BCUT2D eigenvalue weighted by atomic mass is 9.86. The predicted molar refractivity (Wildman–Crippen MR) is 137 cm³/mol. The molecule has 6 aromatic carbocycles. The van der Waals surface area contributed by atoms with E-state index in [-0.39, 0.29) is 6.17 Å². The van der Waals surface area contributed by atoms with E-state index in [2.05, 4.69) is 115 Å². The van der Waals surface area contributed by atoms with Crippen LogP contribution < -0.4 is 10.6 Å². The molecule has 2 heteroatoms. The van der Waals surface area contributed by atoms with Crippen LogP contribution in [0.4, 0.5) is 11.4 Å². The van der Waals surface area contributed by atoms with Crippen molar-refractivity contribution in [2.24, 2.45) is 0 Å². The second kappa shape index (κ2) is 6.48. The first-order chi connectivity index (χ1) is 15.8. The van der Waals surface area contributed by atoms with Gasteiger partial charge in [0, 0.05) is 5.56 Å². The maximum Gasteiger partial charge on any atom is 0.124 e. The quantitative estimate of drug-likeness (QED) is 0.282. The van der Waals surface area contributed by atoms with Crippen LogP contribution in [0.2, 0.25) is 0 Å². The Kier molecular flexibility index (Phi) is 3.57. The van der Waals surface area contributed by atoms with Crippen molar-refractivity contribution in [1.29, 1.82) is 0 Å². The van der Waals surface area contributed by atoms with Gasteiger partial charge >= 0.3 is 0 Å². The van der Waals surface area contributed by atoms with Crippen molar-refractivity contribution in [3.8, 4) is 11.1 Å². The van der Waals surface area contributed by atoms with E-state index in [0.717, 1.165) is 11.4 Å². The normalized spacial score (nSPS) is 13.5. The van der Waals surface area contributed by atoms with Crippen LogP contribution in [0.1, 0.15) is 17.3 Å². The smallest absolute Gasteiger partial charge is 0.124 e. The number of aryl methyl sites for hydroxylation is 1. The van der Waals surface area contributed by atoms with E-state index in [4.69, 9.17) is 0 Å². The molecule has 0 bridgehead atoms. The Balaban J connectivity index is 1.59. The summed E-state index contributed by atoms with van der Waals surface area (Å²) in [7, 11) is 0. The third kappa shape index (κ3) is 2.47. The van der Waals surface area contributed by atoms with Crippen LogP contribution in [-0.2, 0) is 0 Å². The summed E-state index contributed by atoms with van der Waals surface area (Å²) in [5, 5.41) is 15.4. The molecular weight excluding hydrogens is 388 g/mol. The zero-order valence-corrected chi connectivity index (χ0v) is 17.8. The average Bonchev–Trinajstić information content (AvgIpc) is 3.26. The van der Waals surface area contributed by atoms with Crippen LogP contribution in [0, 0.1) is 6.92 Å². The largest absolute Gasteiger partial charge is 0.360 e.